The zero-order valence-electron chi connectivity index (χ0n) is 17.8. The Bertz CT molecular complexity index is 1060. The van der Waals surface area contributed by atoms with Crippen molar-refractivity contribution in [2.24, 2.45) is 5.84 Å². The molecular formula is C25H28N4O2S. The van der Waals surface area contributed by atoms with Gasteiger partial charge in [0.15, 0.2) is 0 Å². The number of nitrogens with two attached hydrogens (primary N) is 1. The summed E-state index contributed by atoms with van der Waals surface area (Å²) in [5.74, 6) is 6.85. The SMILES string of the molecule is NNC(=O)c1ccc(CNC(=O)N2CC[SH](c3cccc(-c4ccccc4)c3)CC2)cc1. The lowest BCUT2D eigenvalue weighted by Gasteiger charge is -2.34. The first kappa shape index (κ1) is 21.9. The number of hydrogen-bond donors (Lipinski definition) is 4. The van der Waals surface area contributed by atoms with Crippen LogP contribution in [0.5, 0.6) is 0 Å². The molecule has 0 atom stereocenters. The Hall–Kier alpha value is -3.29. The second-order valence-corrected chi connectivity index (χ2v) is 10.2. The fourth-order valence-electron chi connectivity index (χ4n) is 3.83. The summed E-state index contributed by atoms with van der Waals surface area (Å²) in [6, 6.07) is 26.3. The predicted molar refractivity (Wildman–Crippen MR) is 131 cm³/mol. The van der Waals surface area contributed by atoms with Crippen molar-refractivity contribution < 1.29 is 9.59 Å². The molecule has 1 heterocycles. The number of hydrogen-bond acceptors (Lipinski definition) is 3. The van der Waals surface area contributed by atoms with Crippen LogP contribution in [0.3, 0.4) is 0 Å². The minimum absolute atomic E-state index is 0.0403. The van der Waals surface area contributed by atoms with Crippen LogP contribution in [0.25, 0.3) is 11.1 Å². The molecule has 4 N–H and O–H groups in total. The third-order valence-corrected chi connectivity index (χ3v) is 8.16. The monoisotopic (exact) mass is 448 g/mol. The van der Waals surface area contributed by atoms with Gasteiger partial charge in [-0.3, -0.25) is 10.2 Å². The second-order valence-electron chi connectivity index (χ2n) is 7.72. The van der Waals surface area contributed by atoms with Gasteiger partial charge in [0.25, 0.3) is 5.91 Å². The molecule has 7 heteroatoms. The van der Waals surface area contributed by atoms with Crippen LogP contribution < -0.4 is 16.6 Å². The number of nitrogen functional groups attached to an aromatic ring is 1. The van der Waals surface area contributed by atoms with E-state index in [1.54, 1.807) is 12.1 Å². The van der Waals surface area contributed by atoms with Gasteiger partial charge in [0, 0.05) is 25.2 Å². The van der Waals surface area contributed by atoms with E-state index in [2.05, 4.69) is 59.3 Å². The highest BCUT2D eigenvalue weighted by atomic mass is 32.2. The number of hydrazine groups is 1. The van der Waals surface area contributed by atoms with Crippen molar-refractivity contribution >= 4 is 22.8 Å². The summed E-state index contributed by atoms with van der Waals surface area (Å²) in [5.41, 5.74) is 6.02. The van der Waals surface area contributed by atoms with Crippen LogP contribution in [0.15, 0.2) is 83.8 Å². The minimum atomic E-state index is -0.334. The number of carbonyl (C=O) groups excluding carboxylic acids is 2. The van der Waals surface area contributed by atoms with E-state index in [0.717, 1.165) is 30.2 Å². The van der Waals surface area contributed by atoms with Crippen molar-refractivity contribution in [2.75, 3.05) is 24.6 Å². The summed E-state index contributed by atoms with van der Waals surface area (Å²) in [6.07, 6.45) is 0. The molecule has 0 radical (unpaired) electrons. The van der Waals surface area contributed by atoms with Gasteiger partial charge >= 0.3 is 6.03 Å². The molecule has 6 nitrogen and oxygen atoms in total. The van der Waals surface area contributed by atoms with Crippen molar-refractivity contribution in [3.05, 3.63) is 90.0 Å². The molecule has 3 aromatic carbocycles. The zero-order valence-corrected chi connectivity index (χ0v) is 18.7. The number of amides is 3. The second kappa shape index (κ2) is 10.3. The van der Waals surface area contributed by atoms with Crippen LogP contribution in [0, 0.1) is 0 Å². The molecule has 0 saturated carbocycles. The maximum atomic E-state index is 12.6. The van der Waals surface area contributed by atoms with Crippen LogP contribution >= 0.6 is 10.9 Å². The van der Waals surface area contributed by atoms with E-state index < -0.39 is 0 Å². The van der Waals surface area contributed by atoms with E-state index in [4.69, 9.17) is 5.84 Å². The van der Waals surface area contributed by atoms with Crippen LogP contribution in [-0.4, -0.2) is 41.4 Å². The lowest BCUT2D eigenvalue weighted by Crippen LogP contribution is -2.45. The summed E-state index contributed by atoms with van der Waals surface area (Å²) in [6.45, 7) is 1.96. The summed E-state index contributed by atoms with van der Waals surface area (Å²) < 4.78 is 0. The molecule has 1 fully saturated rings. The molecule has 166 valence electrons. The van der Waals surface area contributed by atoms with E-state index >= 15 is 0 Å². The van der Waals surface area contributed by atoms with Gasteiger partial charge in [0.2, 0.25) is 0 Å². The van der Waals surface area contributed by atoms with Gasteiger partial charge in [0.1, 0.15) is 0 Å². The molecule has 3 aromatic rings. The quantitative estimate of drug-likeness (QED) is 0.208. The van der Waals surface area contributed by atoms with E-state index in [-0.39, 0.29) is 22.8 Å². The number of nitrogens with one attached hydrogen (secondary N) is 2. The van der Waals surface area contributed by atoms with E-state index in [9.17, 15) is 9.59 Å². The molecule has 0 aliphatic carbocycles. The van der Waals surface area contributed by atoms with Crippen molar-refractivity contribution in [2.45, 2.75) is 11.4 Å². The first-order valence-corrected chi connectivity index (χ1v) is 12.4. The summed E-state index contributed by atoms with van der Waals surface area (Å²) in [7, 11) is -0.259. The number of urea groups is 1. The molecule has 1 saturated heterocycles. The standard InChI is InChI=1S/C25H28N4O2S/c26-28-24(30)21-11-9-19(10-12-21)18-27-25(31)29-13-15-32(16-14-29)23-8-4-7-22(17-23)20-5-2-1-3-6-20/h1-12,17,32H,13-16,18,26H2,(H,27,31)(H,28,30). The molecule has 3 amide bonds. The molecule has 0 bridgehead atoms. The molecule has 4 rings (SSSR count). The Morgan fingerprint density at radius 2 is 1.56 bits per heavy atom. The minimum Gasteiger partial charge on any atom is -0.334 e. The Morgan fingerprint density at radius 1 is 0.875 bits per heavy atom. The average Bonchev–Trinajstić information content (AvgIpc) is 2.88. The highest BCUT2D eigenvalue weighted by Crippen LogP contribution is 2.39. The Morgan fingerprint density at radius 3 is 2.25 bits per heavy atom. The Kier molecular flexibility index (Phi) is 7.09. The van der Waals surface area contributed by atoms with Crippen LogP contribution in [-0.2, 0) is 6.54 Å². The molecule has 0 spiro atoms. The van der Waals surface area contributed by atoms with Crippen LogP contribution in [0.1, 0.15) is 15.9 Å². The number of thiol groups is 1. The molecule has 1 aliphatic rings. The van der Waals surface area contributed by atoms with Crippen molar-refractivity contribution in [1.82, 2.24) is 15.6 Å². The smallest absolute Gasteiger partial charge is 0.317 e. The number of benzene rings is 3. The van der Waals surface area contributed by atoms with Crippen LogP contribution in [0.4, 0.5) is 4.79 Å². The summed E-state index contributed by atoms with van der Waals surface area (Å²) in [4.78, 5) is 27.4. The Labute approximate surface area is 191 Å². The summed E-state index contributed by atoms with van der Waals surface area (Å²) >= 11 is 0. The lowest BCUT2D eigenvalue weighted by atomic mass is 10.1. The van der Waals surface area contributed by atoms with Gasteiger partial charge in [-0.2, -0.15) is 0 Å². The third kappa shape index (κ3) is 5.30. The largest absolute Gasteiger partial charge is 0.334 e. The maximum absolute atomic E-state index is 12.6. The number of rotatable bonds is 5. The number of carbonyl (C=O) groups is 2. The van der Waals surface area contributed by atoms with Crippen LogP contribution in [0.2, 0.25) is 0 Å². The van der Waals surface area contributed by atoms with Gasteiger partial charge in [-0.25, -0.2) is 21.5 Å². The van der Waals surface area contributed by atoms with Crippen molar-refractivity contribution in [3.63, 3.8) is 0 Å². The van der Waals surface area contributed by atoms with Gasteiger partial charge in [0.05, 0.1) is 0 Å². The van der Waals surface area contributed by atoms with Gasteiger partial charge in [-0.15, -0.1) is 0 Å². The fourth-order valence-corrected chi connectivity index (χ4v) is 6.15. The van der Waals surface area contributed by atoms with Crippen molar-refractivity contribution in [1.29, 1.82) is 0 Å². The predicted octanol–water partition coefficient (Wildman–Crippen LogP) is 3.54. The molecule has 1 aliphatic heterocycles. The highest BCUT2D eigenvalue weighted by Gasteiger charge is 2.21. The fraction of sp³-hybridized carbons (Fsp3) is 0.200. The molecule has 0 unspecified atom stereocenters. The first-order chi connectivity index (χ1) is 15.6. The highest BCUT2D eigenvalue weighted by molar-refractivity contribution is 8.17. The molecular weight excluding hydrogens is 420 g/mol. The lowest BCUT2D eigenvalue weighted by molar-refractivity contribution is 0.0953. The van der Waals surface area contributed by atoms with Gasteiger partial charge in [-0.05, 0) is 51.3 Å². The zero-order chi connectivity index (χ0) is 22.3. The topological polar surface area (TPSA) is 87.5 Å². The molecule has 0 aromatic heterocycles. The molecule has 32 heavy (non-hydrogen) atoms. The van der Waals surface area contributed by atoms with E-state index in [1.807, 2.05) is 23.1 Å². The number of nitrogens with zero attached hydrogens (tertiary/aromatic N) is 1. The van der Waals surface area contributed by atoms with E-state index in [0.29, 0.717) is 12.1 Å². The Balaban J connectivity index is 1.29. The average molecular weight is 449 g/mol. The third-order valence-electron chi connectivity index (χ3n) is 5.68. The van der Waals surface area contributed by atoms with Crippen molar-refractivity contribution in [3.8, 4) is 11.1 Å². The first-order valence-electron chi connectivity index (χ1n) is 10.7. The summed E-state index contributed by atoms with van der Waals surface area (Å²) in [5, 5.41) is 2.99. The maximum Gasteiger partial charge on any atom is 0.317 e. The van der Waals surface area contributed by atoms with Gasteiger partial charge < -0.3 is 10.2 Å². The normalized spacial score (nSPS) is 14.7. The van der Waals surface area contributed by atoms with E-state index in [1.165, 1.54) is 16.0 Å². The van der Waals surface area contributed by atoms with Gasteiger partial charge in [-0.1, -0.05) is 60.7 Å².